The number of carbonyl (C=O) groups is 1. The molecule has 0 aliphatic carbocycles. The number of fused-ring (bicyclic) bond motifs is 1. The summed E-state index contributed by atoms with van der Waals surface area (Å²) in [7, 11) is 0. The van der Waals surface area contributed by atoms with Crippen LogP contribution in [0.3, 0.4) is 0 Å². The average Bonchev–Trinajstić information content (AvgIpc) is 3.09. The van der Waals surface area contributed by atoms with Crippen molar-refractivity contribution in [2.75, 3.05) is 23.3 Å². The highest BCUT2D eigenvalue weighted by Gasteiger charge is 2.34. The van der Waals surface area contributed by atoms with Crippen LogP contribution in [0.5, 0.6) is 0 Å². The minimum absolute atomic E-state index is 0.0448. The third-order valence-corrected chi connectivity index (χ3v) is 6.60. The number of para-hydroxylation sites is 1. The summed E-state index contributed by atoms with van der Waals surface area (Å²) in [5.74, 6) is -1.30. The van der Waals surface area contributed by atoms with Gasteiger partial charge in [-0.2, -0.15) is 18.2 Å². The molecule has 2 aliphatic heterocycles. The molecule has 1 amide bonds. The quantitative estimate of drug-likeness (QED) is 0.243. The number of hydrogen-bond acceptors (Lipinski definition) is 7. The lowest BCUT2D eigenvalue weighted by Gasteiger charge is -2.32. The molecule has 0 bridgehead atoms. The number of alkyl halides is 4. The first-order valence-corrected chi connectivity index (χ1v) is 12.7. The van der Waals surface area contributed by atoms with E-state index in [0.29, 0.717) is 23.2 Å². The van der Waals surface area contributed by atoms with Gasteiger partial charge in [0.2, 0.25) is 12.1 Å². The zero-order chi connectivity index (χ0) is 29.1. The first kappa shape index (κ1) is 27.7. The van der Waals surface area contributed by atoms with Gasteiger partial charge in [-0.05, 0) is 25.0 Å². The molecule has 0 radical (unpaired) electrons. The molecule has 3 aromatic rings. The summed E-state index contributed by atoms with van der Waals surface area (Å²) in [6, 6.07) is 16.4. The van der Waals surface area contributed by atoms with Crippen molar-refractivity contribution in [3.63, 3.8) is 0 Å². The number of hydrogen-bond donors (Lipinski definition) is 3. The average molecular weight is 568 g/mol. The summed E-state index contributed by atoms with van der Waals surface area (Å²) in [5, 5.41) is 11.2. The van der Waals surface area contributed by atoms with Gasteiger partial charge >= 0.3 is 6.18 Å². The van der Waals surface area contributed by atoms with E-state index < -0.39 is 41.9 Å². The number of amides is 1. The lowest BCUT2D eigenvalue weighted by molar-refractivity contribution is -0.137. The molecule has 41 heavy (non-hydrogen) atoms. The standard InChI is InChI=1S/C28H25F4N7O2/c29-18-10-12-39(13-11-18)21-14-17(28(30,31)32)15-35-23(21)24(33)41-27(34)38-25-26(40)36-20-9-5-4-8-19(20)22(37-25)16-6-2-1-3-7-16/h1-9,14-15,18,25,33H,10-13H2,(H2,34,38)(H,36,40). The molecule has 2 aromatic carbocycles. The number of anilines is 2. The molecule has 0 spiro atoms. The molecule has 1 fully saturated rings. The Morgan fingerprint density at radius 3 is 2.49 bits per heavy atom. The van der Waals surface area contributed by atoms with E-state index in [4.69, 9.17) is 15.9 Å². The van der Waals surface area contributed by atoms with Gasteiger partial charge in [0.25, 0.3) is 11.9 Å². The fourth-order valence-electron chi connectivity index (χ4n) is 4.57. The van der Waals surface area contributed by atoms with Crippen molar-refractivity contribution in [1.29, 1.82) is 5.41 Å². The van der Waals surface area contributed by atoms with Crippen molar-refractivity contribution in [2.24, 2.45) is 15.7 Å². The Morgan fingerprint density at radius 1 is 1.10 bits per heavy atom. The molecule has 0 saturated carbocycles. The molecule has 3 heterocycles. The van der Waals surface area contributed by atoms with E-state index in [1.165, 1.54) is 4.90 Å². The number of amidine groups is 1. The number of aromatic nitrogens is 1. The van der Waals surface area contributed by atoms with Crippen molar-refractivity contribution >= 4 is 34.9 Å². The van der Waals surface area contributed by atoms with E-state index in [0.717, 1.165) is 11.6 Å². The Balaban J connectivity index is 1.45. The molecule has 4 N–H and O–H groups in total. The van der Waals surface area contributed by atoms with Crippen LogP contribution in [0.4, 0.5) is 28.9 Å². The van der Waals surface area contributed by atoms with E-state index in [2.05, 4.69) is 20.3 Å². The predicted molar refractivity (Wildman–Crippen MR) is 146 cm³/mol. The number of rotatable bonds is 4. The van der Waals surface area contributed by atoms with Gasteiger partial charge in [0, 0.05) is 30.4 Å². The highest BCUT2D eigenvalue weighted by Crippen LogP contribution is 2.34. The summed E-state index contributed by atoms with van der Waals surface area (Å²) >= 11 is 0. The Labute approximate surface area is 232 Å². The van der Waals surface area contributed by atoms with E-state index >= 15 is 0 Å². The first-order chi connectivity index (χ1) is 19.6. The molecule has 5 rings (SSSR count). The van der Waals surface area contributed by atoms with Gasteiger partial charge in [0.15, 0.2) is 0 Å². The number of pyridine rings is 1. The summed E-state index contributed by atoms with van der Waals surface area (Å²) < 4.78 is 59.3. The van der Waals surface area contributed by atoms with Gasteiger partial charge in [0.1, 0.15) is 11.9 Å². The van der Waals surface area contributed by atoms with E-state index in [1.807, 2.05) is 30.3 Å². The second kappa shape index (κ2) is 11.4. The van der Waals surface area contributed by atoms with E-state index in [-0.39, 0.29) is 37.3 Å². The first-order valence-electron chi connectivity index (χ1n) is 12.7. The number of nitrogens with one attached hydrogen (secondary N) is 2. The summed E-state index contributed by atoms with van der Waals surface area (Å²) in [6.07, 6.45) is -6.32. The second-order valence-electron chi connectivity index (χ2n) is 9.40. The van der Waals surface area contributed by atoms with Crippen LogP contribution in [0.1, 0.15) is 35.2 Å². The van der Waals surface area contributed by atoms with Crippen LogP contribution in [0, 0.1) is 5.41 Å². The number of halogens is 4. The maximum atomic E-state index is 13.7. The molecule has 13 heteroatoms. The third kappa shape index (κ3) is 6.18. The number of benzene rings is 2. The molecular weight excluding hydrogens is 542 g/mol. The van der Waals surface area contributed by atoms with Gasteiger partial charge in [-0.15, -0.1) is 0 Å². The van der Waals surface area contributed by atoms with Gasteiger partial charge in [-0.25, -0.2) is 14.4 Å². The molecule has 212 valence electrons. The van der Waals surface area contributed by atoms with Gasteiger partial charge in [0.05, 0.1) is 22.6 Å². The number of aliphatic imine (C=N–C) groups is 2. The smallest absolute Gasteiger partial charge is 0.405 e. The highest BCUT2D eigenvalue weighted by atomic mass is 19.4. The van der Waals surface area contributed by atoms with Crippen molar-refractivity contribution < 1.29 is 27.1 Å². The molecule has 1 unspecified atom stereocenters. The fraction of sp³-hybridized carbons (Fsp3) is 0.250. The predicted octanol–water partition coefficient (Wildman–Crippen LogP) is 4.51. The molecular formula is C28H25F4N7O2. The number of benzodiazepines with no additional fused rings is 1. The fourth-order valence-corrected chi connectivity index (χ4v) is 4.57. The van der Waals surface area contributed by atoms with Gasteiger partial charge < -0.3 is 20.7 Å². The van der Waals surface area contributed by atoms with Crippen LogP contribution < -0.4 is 16.0 Å². The van der Waals surface area contributed by atoms with E-state index in [9.17, 15) is 22.4 Å². The summed E-state index contributed by atoms with van der Waals surface area (Å²) in [4.78, 5) is 27.0. The minimum Gasteiger partial charge on any atom is -0.405 e. The van der Waals surface area contributed by atoms with Gasteiger partial charge in [-0.3, -0.25) is 10.2 Å². The SMILES string of the molecule is N=C(O/C(N)=N/C1N=C(c2ccccc2)c2ccccc2NC1=O)c1ncc(C(F)(F)F)cc1N1CCC(F)CC1. The molecule has 9 nitrogen and oxygen atoms in total. The lowest BCUT2D eigenvalue weighted by Crippen LogP contribution is -2.36. The van der Waals surface area contributed by atoms with Crippen molar-refractivity contribution in [1.82, 2.24) is 4.98 Å². The van der Waals surface area contributed by atoms with Crippen molar-refractivity contribution in [3.8, 4) is 0 Å². The highest BCUT2D eigenvalue weighted by molar-refractivity contribution is 6.19. The largest absolute Gasteiger partial charge is 0.417 e. The number of carbonyl (C=O) groups excluding carboxylic acids is 1. The van der Waals surface area contributed by atoms with Crippen molar-refractivity contribution in [2.45, 2.75) is 31.4 Å². The maximum Gasteiger partial charge on any atom is 0.417 e. The van der Waals surface area contributed by atoms with Crippen LogP contribution in [-0.2, 0) is 15.7 Å². The normalized spacial score (nSPS) is 18.2. The van der Waals surface area contributed by atoms with Crippen LogP contribution in [0.25, 0.3) is 0 Å². The molecule has 1 atom stereocenters. The Morgan fingerprint density at radius 2 is 1.78 bits per heavy atom. The van der Waals surface area contributed by atoms with Crippen LogP contribution in [0.2, 0.25) is 0 Å². The Hall–Kier alpha value is -4.81. The Kier molecular flexibility index (Phi) is 7.68. The maximum absolute atomic E-state index is 13.7. The Bertz CT molecular complexity index is 1520. The monoisotopic (exact) mass is 567 g/mol. The number of nitrogens with two attached hydrogens (primary N) is 1. The molecule has 1 aromatic heterocycles. The zero-order valence-electron chi connectivity index (χ0n) is 21.5. The van der Waals surface area contributed by atoms with E-state index in [1.54, 1.807) is 24.3 Å². The molecule has 2 aliphatic rings. The summed E-state index contributed by atoms with van der Waals surface area (Å²) in [5.41, 5.74) is 7.02. The second-order valence-corrected chi connectivity index (χ2v) is 9.40. The minimum atomic E-state index is -4.68. The number of piperidine rings is 1. The summed E-state index contributed by atoms with van der Waals surface area (Å²) in [6.45, 7) is 0.265. The van der Waals surface area contributed by atoms with Crippen molar-refractivity contribution in [3.05, 3.63) is 89.2 Å². The van der Waals surface area contributed by atoms with Crippen LogP contribution in [-0.4, -0.2) is 53.9 Å². The third-order valence-electron chi connectivity index (χ3n) is 6.60. The van der Waals surface area contributed by atoms with Gasteiger partial charge in [-0.1, -0.05) is 48.5 Å². The van der Waals surface area contributed by atoms with Crippen LogP contribution >= 0.6 is 0 Å². The molecule has 1 saturated heterocycles. The zero-order valence-corrected chi connectivity index (χ0v) is 21.5. The number of nitrogens with zero attached hydrogens (tertiary/aromatic N) is 4. The lowest BCUT2D eigenvalue weighted by atomic mass is 10.0. The van der Waals surface area contributed by atoms with Crippen LogP contribution in [0.15, 0.2) is 76.8 Å². The topological polar surface area (TPSA) is 129 Å². The number of ether oxygens (including phenoxy) is 1.